The van der Waals surface area contributed by atoms with Crippen LogP contribution in [-0.2, 0) is 0 Å². The number of fused-ring (bicyclic) bond motifs is 1. The number of anilines is 1. The number of thiazole rings is 1. The maximum Gasteiger partial charge on any atom is 0.183 e. The molecular weight excluding hydrogens is 301 g/mol. The molecule has 96 valence electrons. The minimum Gasteiger partial charge on any atom is -0.360 e. The molecule has 2 aromatic rings. The third-order valence-electron chi connectivity index (χ3n) is 2.17. The maximum atomic E-state index is 6.03. The lowest BCUT2D eigenvalue weighted by Gasteiger charge is -1.97. The van der Waals surface area contributed by atoms with Crippen LogP contribution in [-0.4, -0.2) is 18.1 Å². The number of hydrogen-bond acceptors (Lipinski definition) is 4. The van der Waals surface area contributed by atoms with Gasteiger partial charge in [0.05, 0.1) is 10.2 Å². The Kier molecular flexibility index (Phi) is 7.13. The minimum absolute atomic E-state index is 0. The van der Waals surface area contributed by atoms with E-state index in [0.29, 0.717) is 6.54 Å². The van der Waals surface area contributed by atoms with E-state index < -0.39 is 0 Å². The Bertz CT molecular complexity index is 487. The third-order valence-corrected chi connectivity index (χ3v) is 3.56. The van der Waals surface area contributed by atoms with E-state index in [1.165, 1.54) is 0 Å². The molecule has 1 heterocycles. The molecule has 0 spiro atoms. The first kappa shape index (κ1) is 16.7. The van der Waals surface area contributed by atoms with Gasteiger partial charge in [0.1, 0.15) is 0 Å². The number of benzene rings is 1. The van der Waals surface area contributed by atoms with Crippen molar-refractivity contribution in [3.8, 4) is 0 Å². The number of nitrogens with two attached hydrogens (primary N) is 1. The summed E-state index contributed by atoms with van der Waals surface area (Å²) in [4.78, 5) is 4.48. The summed E-state index contributed by atoms with van der Waals surface area (Å²) in [6.07, 6.45) is 0. The van der Waals surface area contributed by atoms with E-state index in [2.05, 4.69) is 10.3 Å². The second kappa shape index (κ2) is 7.24. The van der Waals surface area contributed by atoms with E-state index in [4.69, 9.17) is 17.3 Å². The van der Waals surface area contributed by atoms with Gasteiger partial charge in [0, 0.05) is 18.1 Å². The molecule has 0 aliphatic heterocycles. The van der Waals surface area contributed by atoms with E-state index >= 15 is 0 Å². The van der Waals surface area contributed by atoms with E-state index in [1.54, 1.807) is 11.3 Å². The quantitative estimate of drug-likeness (QED) is 0.912. The van der Waals surface area contributed by atoms with Crippen LogP contribution < -0.4 is 11.1 Å². The highest BCUT2D eigenvalue weighted by atomic mass is 35.5. The molecule has 0 radical (unpaired) electrons. The average Bonchev–Trinajstić information content (AvgIpc) is 2.64. The molecule has 1 aromatic heterocycles. The van der Waals surface area contributed by atoms with Crippen molar-refractivity contribution in [2.75, 3.05) is 18.4 Å². The summed E-state index contributed by atoms with van der Waals surface area (Å²) in [7, 11) is 0. The van der Waals surface area contributed by atoms with Crippen LogP contribution in [0.3, 0.4) is 0 Å². The number of aromatic nitrogens is 1. The van der Waals surface area contributed by atoms with E-state index in [-0.39, 0.29) is 24.8 Å². The highest BCUT2D eigenvalue weighted by Gasteiger charge is 2.07. The van der Waals surface area contributed by atoms with Crippen LogP contribution in [0.2, 0.25) is 5.02 Å². The zero-order valence-corrected chi connectivity index (χ0v) is 12.4. The molecule has 0 amide bonds. The lowest BCUT2D eigenvalue weighted by Crippen LogP contribution is -2.12. The number of nitrogens with zero attached hydrogens (tertiary/aromatic N) is 1. The molecule has 2 rings (SSSR count). The molecule has 3 nitrogen and oxygen atoms in total. The van der Waals surface area contributed by atoms with Crippen LogP contribution in [0.5, 0.6) is 0 Å². The zero-order valence-electron chi connectivity index (χ0n) is 9.20. The van der Waals surface area contributed by atoms with Gasteiger partial charge in [-0.2, -0.15) is 0 Å². The molecular formula is C10H14Cl3N3S. The molecule has 0 fully saturated rings. The van der Waals surface area contributed by atoms with Crippen LogP contribution in [0.1, 0.15) is 5.56 Å². The summed E-state index contributed by atoms with van der Waals surface area (Å²) in [6.45, 7) is 3.33. The van der Waals surface area contributed by atoms with Crippen LogP contribution in [0.15, 0.2) is 12.1 Å². The fraction of sp³-hybridized carbons (Fsp3) is 0.300. The second-order valence-electron chi connectivity index (χ2n) is 3.25. The minimum atomic E-state index is 0. The van der Waals surface area contributed by atoms with Gasteiger partial charge in [0.2, 0.25) is 0 Å². The number of hydrogen-bond donors (Lipinski definition) is 2. The van der Waals surface area contributed by atoms with Crippen molar-refractivity contribution in [1.82, 2.24) is 4.98 Å². The van der Waals surface area contributed by atoms with Gasteiger partial charge in [-0.3, -0.25) is 0 Å². The summed E-state index contributed by atoms with van der Waals surface area (Å²) in [5.41, 5.74) is 7.43. The first-order chi connectivity index (χ1) is 7.22. The topological polar surface area (TPSA) is 50.9 Å². The monoisotopic (exact) mass is 313 g/mol. The van der Waals surface area contributed by atoms with Gasteiger partial charge in [0.25, 0.3) is 0 Å². The number of nitrogens with one attached hydrogen (secondary N) is 1. The van der Waals surface area contributed by atoms with Crippen molar-refractivity contribution in [1.29, 1.82) is 0 Å². The number of halogens is 3. The van der Waals surface area contributed by atoms with Gasteiger partial charge >= 0.3 is 0 Å². The Morgan fingerprint density at radius 3 is 2.76 bits per heavy atom. The van der Waals surface area contributed by atoms with Gasteiger partial charge in [-0.05, 0) is 24.6 Å². The Balaban J connectivity index is 0.00000128. The normalized spacial score (nSPS) is 9.59. The highest BCUT2D eigenvalue weighted by Crippen LogP contribution is 2.31. The molecule has 7 heteroatoms. The summed E-state index contributed by atoms with van der Waals surface area (Å²) in [5, 5.41) is 4.84. The highest BCUT2D eigenvalue weighted by molar-refractivity contribution is 7.22. The maximum absolute atomic E-state index is 6.03. The molecule has 17 heavy (non-hydrogen) atoms. The van der Waals surface area contributed by atoms with Crippen molar-refractivity contribution in [2.45, 2.75) is 6.92 Å². The predicted octanol–water partition coefficient (Wildman–Crippen LogP) is 3.47. The zero-order chi connectivity index (χ0) is 10.8. The third kappa shape index (κ3) is 3.60. The van der Waals surface area contributed by atoms with E-state index in [1.807, 2.05) is 19.1 Å². The fourth-order valence-electron chi connectivity index (χ4n) is 1.36. The van der Waals surface area contributed by atoms with Crippen LogP contribution in [0.4, 0.5) is 5.13 Å². The van der Waals surface area contributed by atoms with Crippen LogP contribution in [0, 0.1) is 6.92 Å². The Hall–Kier alpha value is -0.260. The molecule has 0 atom stereocenters. The van der Waals surface area contributed by atoms with Crippen LogP contribution >= 0.6 is 47.8 Å². The van der Waals surface area contributed by atoms with Crippen molar-refractivity contribution < 1.29 is 0 Å². The Morgan fingerprint density at radius 2 is 2.12 bits per heavy atom. The first-order valence-corrected chi connectivity index (χ1v) is 5.91. The van der Waals surface area contributed by atoms with Gasteiger partial charge < -0.3 is 11.1 Å². The molecule has 1 aromatic carbocycles. The molecule has 0 bridgehead atoms. The van der Waals surface area contributed by atoms with E-state index in [9.17, 15) is 0 Å². The summed E-state index contributed by atoms with van der Waals surface area (Å²) < 4.78 is 1.15. The first-order valence-electron chi connectivity index (χ1n) is 4.72. The van der Waals surface area contributed by atoms with Gasteiger partial charge in [-0.15, -0.1) is 24.8 Å². The molecule has 3 N–H and O–H groups in total. The van der Waals surface area contributed by atoms with Crippen LogP contribution in [0.25, 0.3) is 10.2 Å². The fourth-order valence-corrected chi connectivity index (χ4v) is 2.46. The number of rotatable bonds is 3. The molecule has 0 saturated heterocycles. The number of aryl methyl sites for hydroxylation is 1. The molecule has 0 aliphatic rings. The SMILES string of the molecule is Cc1c(Cl)ccc2sc(NCCN)nc12.Cl.Cl. The van der Waals surface area contributed by atoms with Crippen molar-refractivity contribution in [3.05, 3.63) is 22.7 Å². The lowest BCUT2D eigenvalue weighted by atomic mass is 10.2. The van der Waals surface area contributed by atoms with E-state index in [0.717, 1.165) is 32.5 Å². The largest absolute Gasteiger partial charge is 0.360 e. The lowest BCUT2D eigenvalue weighted by molar-refractivity contribution is 1.02. The van der Waals surface area contributed by atoms with Crippen molar-refractivity contribution in [2.24, 2.45) is 5.73 Å². The molecule has 0 unspecified atom stereocenters. The summed E-state index contributed by atoms with van der Waals surface area (Å²) in [5.74, 6) is 0. The Morgan fingerprint density at radius 1 is 1.41 bits per heavy atom. The van der Waals surface area contributed by atoms with Gasteiger partial charge in [-0.1, -0.05) is 22.9 Å². The van der Waals surface area contributed by atoms with Crippen molar-refractivity contribution in [3.63, 3.8) is 0 Å². The Labute approximate surface area is 122 Å². The van der Waals surface area contributed by atoms with Gasteiger partial charge in [-0.25, -0.2) is 4.98 Å². The standard InChI is InChI=1S/C10H12ClN3S.2ClH/c1-6-7(11)2-3-8-9(6)14-10(15-8)13-5-4-12;;/h2-3H,4-5,12H2,1H3,(H,13,14);2*1H. The van der Waals surface area contributed by atoms with Gasteiger partial charge in [0.15, 0.2) is 5.13 Å². The summed E-state index contributed by atoms with van der Waals surface area (Å²) in [6, 6.07) is 3.90. The molecule has 0 saturated carbocycles. The average molecular weight is 315 g/mol. The molecule has 0 aliphatic carbocycles. The second-order valence-corrected chi connectivity index (χ2v) is 4.69. The smallest absolute Gasteiger partial charge is 0.183 e. The summed E-state index contributed by atoms with van der Waals surface area (Å²) >= 11 is 7.65. The predicted molar refractivity (Wildman–Crippen MR) is 81.4 cm³/mol. The van der Waals surface area contributed by atoms with Crippen molar-refractivity contribution >= 4 is 63.1 Å².